The minimum absolute atomic E-state index is 0.608. The number of para-hydroxylation sites is 1. The van der Waals surface area contributed by atoms with Crippen molar-refractivity contribution in [1.82, 2.24) is 0 Å². The third-order valence-corrected chi connectivity index (χ3v) is 3.13. The highest BCUT2D eigenvalue weighted by Crippen LogP contribution is 2.20. The van der Waals surface area contributed by atoms with Crippen molar-refractivity contribution in [2.75, 3.05) is 0 Å². The summed E-state index contributed by atoms with van der Waals surface area (Å²) < 4.78 is 6.93. The first-order valence-electron chi connectivity index (χ1n) is 5.74. The highest BCUT2D eigenvalue weighted by atomic mass is 79.9. The highest BCUT2D eigenvalue weighted by Gasteiger charge is 2.01. The molecular weight excluding hydrogens is 276 g/mol. The van der Waals surface area contributed by atoms with E-state index in [2.05, 4.69) is 41.1 Å². The minimum Gasteiger partial charge on any atom is -0.489 e. The molecule has 2 aromatic carbocycles. The van der Waals surface area contributed by atoms with Crippen LogP contribution in [0, 0.1) is 0 Å². The van der Waals surface area contributed by atoms with Gasteiger partial charge in [0.2, 0.25) is 0 Å². The topological polar surface area (TPSA) is 9.23 Å². The summed E-state index contributed by atoms with van der Waals surface area (Å²) in [7, 11) is 0. The molecule has 0 heterocycles. The van der Waals surface area contributed by atoms with Crippen molar-refractivity contribution in [2.45, 2.75) is 20.0 Å². The quantitative estimate of drug-likeness (QED) is 0.800. The summed E-state index contributed by atoms with van der Waals surface area (Å²) in [6.07, 6.45) is 0.995. The van der Waals surface area contributed by atoms with Crippen LogP contribution in [0.4, 0.5) is 0 Å². The van der Waals surface area contributed by atoms with E-state index < -0.39 is 0 Å². The molecule has 2 heteroatoms. The molecule has 17 heavy (non-hydrogen) atoms. The summed E-state index contributed by atoms with van der Waals surface area (Å²) >= 11 is 3.46. The Morgan fingerprint density at radius 3 is 2.65 bits per heavy atom. The normalized spacial score (nSPS) is 10.2. The van der Waals surface area contributed by atoms with Gasteiger partial charge in [0.05, 0.1) is 0 Å². The number of aryl methyl sites for hydroxylation is 1. The molecule has 0 unspecified atom stereocenters. The third kappa shape index (κ3) is 3.34. The van der Waals surface area contributed by atoms with Crippen molar-refractivity contribution in [2.24, 2.45) is 0 Å². The van der Waals surface area contributed by atoms with E-state index in [1.165, 1.54) is 11.1 Å². The minimum atomic E-state index is 0.608. The lowest BCUT2D eigenvalue weighted by Gasteiger charge is -2.10. The van der Waals surface area contributed by atoms with Crippen LogP contribution in [0.5, 0.6) is 5.75 Å². The van der Waals surface area contributed by atoms with Gasteiger partial charge in [-0.25, -0.2) is 0 Å². The van der Waals surface area contributed by atoms with Gasteiger partial charge >= 0.3 is 0 Å². The number of hydrogen-bond donors (Lipinski definition) is 0. The van der Waals surface area contributed by atoms with E-state index in [1.54, 1.807) is 0 Å². The molecule has 0 atom stereocenters. The zero-order chi connectivity index (χ0) is 12.1. The molecule has 0 fully saturated rings. The van der Waals surface area contributed by atoms with E-state index in [1.807, 2.05) is 30.3 Å². The standard InChI is InChI=1S/C15H15BrO/c1-2-13-7-3-4-9-15(13)17-11-12-6-5-8-14(16)10-12/h3-10H,2,11H2,1H3. The van der Waals surface area contributed by atoms with Crippen molar-refractivity contribution < 1.29 is 4.74 Å². The summed E-state index contributed by atoms with van der Waals surface area (Å²) in [5.41, 5.74) is 2.42. The Hall–Kier alpha value is -1.28. The zero-order valence-electron chi connectivity index (χ0n) is 9.82. The number of rotatable bonds is 4. The Kier molecular flexibility index (Phi) is 4.21. The van der Waals surface area contributed by atoms with Crippen LogP contribution in [-0.2, 0) is 13.0 Å². The molecule has 0 bridgehead atoms. The van der Waals surface area contributed by atoms with Crippen molar-refractivity contribution in [3.8, 4) is 5.75 Å². The van der Waals surface area contributed by atoms with Gasteiger partial charge in [0.15, 0.2) is 0 Å². The molecule has 88 valence electrons. The van der Waals surface area contributed by atoms with Crippen LogP contribution in [0.25, 0.3) is 0 Å². The second kappa shape index (κ2) is 5.87. The first-order chi connectivity index (χ1) is 8.29. The monoisotopic (exact) mass is 290 g/mol. The second-order valence-corrected chi connectivity index (χ2v) is 4.80. The predicted octanol–water partition coefficient (Wildman–Crippen LogP) is 4.59. The average Bonchev–Trinajstić information content (AvgIpc) is 2.37. The SMILES string of the molecule is CCc1ccccc1OCc1cccc(Br)c1. The molecule has 0 N–H and O–H groups in total. The Bertz CT molecular complexity index is 494. The van der Waals surface area contributed by atoms with E-state index in [0.717, 1.165) is 16.6 Å². The highest BCUT2D eigenvalue weighted by molar-refractivity contribution is 9.10. The Morgan fingerprint density at radius 1 is 1.06 bits per heavy atom. The van der Waals surface area contributed by atoms with Gasteiger partial charge in [0, 0.05) is 4.47 Å². The van der Waals surface area contributed by atoms with Crippen LogP contribution in [0.3, 0.4) is 0 Å². The molecule has 0 spiro atoms. The van der Waals surface area contributed by atoms with Gasteiger partial charge in [0.25, 0.3) is 0 Å². The van der Waals surface area contributed by atoms with Gasteiger partial charge in [-0.05, 0) is 35.7 Å². The molecule has 0 radical (unpaired) electrons. The molecule has 0 aliphatic rings. The summed E-state index contributed by atoms with van der Waals surface area (Å²) in [5, 5.41) is 0. The summed E-state index contributed by atoms with van der Waals surface area (Å²) in [6.45, 7) is 2.75. The molecule has 0 aromatic heterocycles. The Morgan fingerprint density at radius 2 is 1.88 bits per heavy atom. The fourth-order valence-electron chi connectivity index (χ4n) is 1.72. The molecule has 0 saturated heterocycles. The molecule has 0 aliphatic carbocycles. The van der Waals surface area contributed by atoms with E-state index in [-0.39, 0.29) is 0 Å². The Labute approximate surface area is 111 Å². The van der Waals surface area contributed by atoms with E-state index in [0.29, 0.717) is 6.61 Å². The van der Waals surface area contributed by atoms with Gasteiger partial charge in [-0.2, -0.15) is 0 Å². The van der Waals surface area contributed by atoms with Crippen LogP contribution < -0.4 is 4.74 Å². The van der Waals surface area contributed by atoms with Crippen molar-refractivity contribution in [1.29, 1.82) is 0 Å². The maximum Gasteiger partial charge on any atom is 0.122 e. The number of ether oxygens (including phenoxy) is 1. The lowest BCUT2D eigenvalue weighted by molar-refractivity contribution is 0.303. The van der Waals surface area contributed by atoms with Gasteiger partial charge in [-0.15, -0.1) is 0 Å². The van der Waals surface area contributed by atoms with Gasteiger partial charge < -0.3 is 4.74 Å². The largest absolute Gasteiger partial charge is 0.489 e. The lowest BCUT2D eigenvalue weighted by Crippen LogP contribution is -1.97. The third-order valence-electron chi connectivity index (χ3n) is 2.64. The number of halogens is 1. The fourth-order valence-corrected chi connectivity index (χ4v) is 2.17. The lowest BCUT2D eigenvalue weighted by atomic mass is 10.1. The summed E-state index contributed by atoms with van der Waals surface area (Å²) in [4.78, 5) is 0. The van der Waals surface area contributed by atoms with Crippen molar-refractivity contribution in [3.63, 3.8) is 0 Å². The first kappa shape index (κ1) is 12.2. The number of benzene rings is 2. The maximum atomic E-state index is 5.85. The van der Waals surface area contributed by atoms with Gasteiger partial charge in [-0.3, -0.25) is 0 Å². The average molecular weight is 291 g/mol. The van der Waals surface area contributed by atoms with E-state index in [4.69, 9.17) is 4.74 Å². The van der Waals surface area contributed by atoms with Gasteiger partial charge in [-0.1, -0.05) is 53.2 Å². The van der Waals surface area contributed by atoms with Crippen molar-refractivity contribution >= 4 is 15.9 Å². The second-order valence-electron chi connectivity index (χ2n) is 3.88. The van der Waals surface area contributed by atoms with Crippen LogP contribution in [0.2, 0.25) is 0 Å². The fraction of sp³-hybridized carbons (Fsp3) is 0.200. The molecule has 2 aromatic rings. The Balaban J connectivity index is 2.07. The van der Waals surface area contributed by atoms with Crippen molar-refractivity contribution in [3.05, 3.63) is 64.1 Å². The van der Waals surface area contributed by atoms with Crippen LogP contribution in [0.15, 0.2) is 53.0 Å². The first-order valence-corrected chi connectivity index (χ1v) is 6.54. The molecule has 0 aliphatic heterocycles. The molecule has 1 nitrogen and oxygen atoms in total. The molecule has 0 saturated carbocycles. The van der Waals surface area contributed by atoms with Crippen LogP contribution >= 0.6 is 15.9 Å². The van der Waals surface area contributed by atoms with E-state index in [9.17, 15) is 0 Å². The summed E-state index contributed by atoms with van der Waals surface area (Å²) in [5.74, 6) is 0.981. The molecular formula is C15H15BrO. The molecule has 0 amide bonds. The van der Waals surface area contributed by atoms with E-state index >= 15 is 0 Å². The smallest absolute Gasteiger partial charge is 0.122 e. The molecule has 2 rings (SSSR count). The van der Waals surface area contributed by atoms with Crippen LogP contribution in [-0.4, -0.2) is 0 Å². The number of hydrogen-bond acceptors (Lipinski definition) is 1. The maximum absolute atomic E-state index is 5.85. The summed E-state index contributed by atoms with van der Waals surface area (Å²) in [6, 6.07) is 16.4. The predicted molar refractivity (Wildman–Crippen MR) is 74.3 cm³/mol. The van der Waals surface area contributed by atoms with Crippen LogP contribution in [0.1, 0.15) is 18.1 Å². The van der Waals surface area contributed by atoms with Gasteiger partial charge in [0.1, 0.15) is 12.4 Å². The zero-order valence-corrected chi connectivity index (χ0v) is 11.4.